The second-order valence-corrected chi connectivity index (χ2v) is 4.52. The lowest BCUT2D eigenvalue weighted by molar-refractivity contribution is 0.296. The Morgan fingerprint density at radius 1 is 1.33 bits per heavy atom. The van der Waals surface area contributed by atoms with Crippen LogP contribution in [-0.2, 0) is 28.6 Å². The first-order chi connectivity index (χ1) is 7.09. The van der Waals surface area contributed by atoms with Crippen LogP contribution in [0.2, 0.25) is 0 Å². The van der Waals surface area contributed by atoms with E-state index in [4.69, 9.17) is 4.55 Å². The minimum absolute atomic E-state index is 0.187. The largest absolute Gasteiger partial charge is 0.302 e. The molecule has 1 rings (SSSR count). The van der Waals surface area contributed by atoms with Crippen molar-refractivity contribution in [2.24, 2.45) is 5.92 Å². The molecule has 1 aromatic rings. The van der Waals surface area contributed by atoms with E-state index in [1.807, 2.05) is 24.3 Å². The molecule has 0 aliphatic rings. The summed E-state index contributed by atoms with van der Waals surface area (Å²) in [6.07, 6.45) is 0.956. The van der Waals surface area contributed by atoms with E-state index in [1.165, 1.54) is 5.56 Å². The van der Waals surface area contributed by atoms with Crippen LogP contribution in [0.5, 0.6) is 0 Å². The maximum Gasteiger partial charge on any atom is 0.302 e. The van der Waals surface area contributed by atoms with Gasteiger partial charge in [0.2, 0.25) is 0 Å². The molecule has 0 fully saturated rings. The second-order valence-electron chi connectivity index (χ2n) is 3.85. The van der Waals surface area contributed by atoms with Gasteiger partial charge in [0.25, 0.3) is 0 Å². The summed E-state index contributed by atoms with van der Waals surface area (Å²) in [6, 6.07) is 7.82. The fraction of sp³-hybridized carbons (Fsp3) is 0.455. The molecule has 15 heavy (non-hydrogen) atoms. The lowest BCUT2D eigenvalue weighted by atomic mass is 9.98. The molecule has 0 saturated heterocycles. The van der Waals surface area contributed by atoms with Gasteiger partial charge in [-0.25, -0.2) is 0 Å². The molecule has 0 aliphatic heterocycles. The van der Waals surface area contributed by atoms with Crippen LogP contribution in [-0.4, -0.2) is 8.76 Å². The molecule has 0 amide bonds. The minimum atomic E-state index is -2.19. The van der Waals surface area contributed by atoms with Gasteiger partial charge >= 0.3 is 11.4 Å². The Morgan fingerprint density at radius 2 is 1.93 bits per heavy atom. The zero-order chi connectivity index (χ0) is 11.3. The van der Waals surface area contributed by atoms with Crippen LogP contribution in [0.4, 0.5) is 0 Å². The highest BCUT2D eigenvalue weighted by molar-refractivity contribution is 7.74. The van der Waals surface area contributed by atoms with Crippen molar-refractivity contribution in [3.8, 4) is 0 Å². The van der Waals surface area contributed by atoms with Gasteiger partial charge in [0.15, 0.2) is 0 Å². The summed E-state index contributed by atoms with van der Waals surface area (Å²) >= 11 is -2.19. The highest BCUT2D eigenvalue weighted by atomic mass is 32.2. The Kier molecular flexibility index (Phi) is 4.94. The van der Waals surface area contributed by atoms with E-state index >= 15 is 0 Å². The molecule has 84 valence electrons. The average Bonchev–Trinajstić information content (AvgIpc) is 2.15. The van der Waals surface area contributed by atoms with Crippen molar-refractivity contribution >= 4 is 11.4 Å². The van der Waals surface area contributed by atoms with Gasteiger partial charge in [-0.2, -0.15) is 4.21 Å². The van der Waals surface area contributed by atoms with Gasteiger partial charge in [0, 0.05) is 0 Å². The molecule has 0 saturated carbocycles. The molecule has 0 bridgehead atoms. The van der Waals surface area contributed by atoms with Crippen molar-refractivity contribution in [1.29, 1.82) is 0 Å². The second kappa shape index (κ2) is 6.00. The van der Waals surface area contributed by atoms with Gasteiger partial charge in [-0.05, 0) is 23.5 Å². The predicted molar refractivity (Wildman–Crippen MR) is 60.5 cm³/mol. The van der Waals surface area contributed by atoms with E-state index < -0.39 is 11.4 Å². The van der Waals surface area contributed by atoms with Crippen LogP contribution in [0.15, 0.2) is 24.3 Å². The van der Waals surface area contributed by atoms with E-state index in [1.54, 1.807) is 0 Å². The monoisotopic (exact) mass is 228 g/mol. The van der Waals surface area contributed by atoms with Crippen LogP contribution in [0.1, 0.15) is 25.0 Å². The van der Waals surface area contributed by atoms with Crippen LogP contribution in [0, 0.1) is 5.92 Å². The SMILES string of the molecule is CC(C)Cc1ccccc1COS(=O)O. The Morgan fingerprint density at radius 3 is 2.47 bits per heavy atom. The predicted octanol–water partition coefficient (Wildman–Crippen LogP) is 2.54. The van der Waals surface area contributed by atoms with Gasteiger partial charge in [0.05, 0.1) is 6.61 Å². The summed E-state index contributed by atoms with van der Waals surface area (Å²) in [5, 5.41) is 0. The Hall–Kier alpha value is -0.710. The summed E-state index contributed by atoms with van der Waals surface area (Å²) in [6.45, 7) is 4.47. The normalized spacial score (nSPS) is 13.1. The number of benzene rings is 1. The maximum absolute atomic E-state index is 10.4. The molecule has 1 unspecified atom stereocenters. The quantitative estimate of drug-likeness (QED) is 0.788. The molecule has 0 heterocycles. The van der Waals surface area contributed by atoms with Crippen molar-refractivity contribution in [2.45, 2.75) is 26.9 Å². The molecule has 0 aliphatic carbocycles. The van der Waals surface area contributed by atoms with Crippen molar-refractivity contribution in [3.05, 3.63) is 35.4 Å². The first-order valence-corrected chi connectivity index (χ1v) is 5.93. The van der Waals surface area contributed by atoms with Gasteiger partial charge in [-0.15, -0.1) is 0 Å². The molecule has 3 nitrogen and oxygen atoms in total. The molecular formula is C11H16O3S. The third-order valence-electron chi connectivity index (χ3n) is 2.06. The molecule has 0 aromatic heterocycles. The van der Waals surface area contributed by atoms with Gasteiger partial charge in [-0.1, -0.05) is 38.1 Å². The number of rotatable bonds is 5. The molecular weight excluding hydrogens is 212 g/mol. The first kappa shape index (κ1) is 12.4. The summed E-state index contributed by atoms with van der Waals surface area (Å²) in [7, 11) is 0. The Bertz CT molecular complexity index is 336. The first-order valence-electron chi connectivity index (χ1n) is 4.90. The average molecular weight is 228 g/mol. The summed E-state index contributed by atoms with van der Waals surface area (Å²) in [5.41, 5.74) is 2.16. The van der Waals surface area contributed by atoms with Crippen molar-refractivity contribution < 1.29 is 12.9 Å². The lowest BCUT2D eigenvalue weighted by Crippen LogP contribution is -2.02. The molecule has 0 spiro atoms. The van der Waals surface area contributed by atoms with Crippen LogP contribution < -0.4 is 0 Å². The number of hydrogen-bond donors (Lipinski definition) is 1. The molecule has 0 radical (unpaired) electrons. The fourth-order valence-corrected chi connectivity index (χ4v) is 1.68. The third-order valence-corrected chi connectivity index (χ3v) is 2.38. The van der Waals surface area contributed by atoms with Crippen molar-refractivity contribution in [1.82, 2.24) is 0 Å². The summed E-state index contributed by atoms with van der Waals surface area (Å²) in [4.78, 5) is 0. The maximum atomic E-state index is 10.4. The van der Waals surface area contributed by atoms with Gasteiger partial charge in [-0.3, -0.25) is 8.74 Å². The van der Waals surface area contributed by atoms with E-state index in [9.17, 15) is 4.21 Å². The highest BCUT2D eigenvalue weighted by Gasteiger charge is 2.05. The topological polar surface area (TPSA) is 46.5 Å². The van der Waals surface area contributed by atoms with Crippen LogP contribution >= 0.6 is 0 Å². The van der Waals surface area contributed by atoms with E-state index in [0.29, 0.717) is 5.92 Å². The minimum Gasteiger partial charge on any atom is -0.284 e. The van der Waals surface area contributed by atoms with E-state index in [0.717, 1.165) is 12.0 Å². The zero-order valence-electron chi connectivity index (χ0n) is 8.97. The Labute approximate surface area is 93.0 Å². The van der Waals surface area contributed by atoms with Crippen molar-refractivity contribution in [3.63, 3.8) is 0 Å². The third kappa shape index (κ3) is 4.55. The van der Waals surface area contributed by atoms with E-state index in [-0.39, 0.29) is 6.61 Å². The highest BCUT2D eigenvalue weighted by Crippen LogP contribution is 2.14. The molecule has 1 atom stereocenters. The number of hydrogen-bond acceptors (Lipinski definition) is 2. The van der Waals surface area contributed by atoms with Crippen LogP contribution in [0.3, 0.4) is 0 Å². The summed E-state index contributed by atoms with van der Waals surface area (Å²) < 4.78 is 23.6. The van der Waals surface area contributed by atoms with E-state index in [2.05, 4.69) is 18.0 Å². The standard InChI is InChI=1S/C11H16O3S/c1-9(2)7-10-5-3-4-6-11(10)8-14-15(12)13/h3-6,9H,7-8H2,1-2H3,(H,12,13). The molecule has 4 heteroatoms. The molecule has 1 aromatic carbocycles. The van der Waals surface area contributed by atoms with Gasteiger partial charge < -0.3 is 0 Å². The lowest BCUT2D eigenvalue weighted by Gasteiger charge is -2.10. The summed E-state index contributed by atoms with van der Waals surface area (Å²) in [5.74, 6) is 0.561. The molecule has 1 N–H and O–H groups in total. The van der Waals surface area contributed by atoms with Crippen LogP contribution in [0.25, 0.3) is 0 Å². The smallest absolute Gasteiger partial charge is 0.284 e. The van der Waals surface area contributed by atoms with Gasteiger partial charge in [0.1, 0.15) is 0 Å². The van der Waals surface area contributed by atoms with Crippen molar-refractivity contribution in [2.75, 3.05) is 0 Å². The Balaban J connectivity index is 2.72. The zero-order valence-corrected chi connectivity index (χ0v) is 9.79. The fourth-order valence-electron chi connectivity index (χ4n) is 1.45.